The van der Waals surface area contributed by atoms with Crippen LogP contribution < -0.4 is 14.8 Å². The summed E-state index contributed by atoms with van der Waals surface area (Å²) in [5.41, 5.74) is 3.64. The van der Waals surface area contributed by atoms with Gasteiger partial charge >= 0.3 is 0 Å². The molecule has 0 aliphatic heterocycles. The predicted molar refractivity (Wildman–Crippen MR) is 130 cm³/mol. The minimum Gasteiger partial charge on any atom is -0.497 e. The third kappa shape index (κ3) is 6.33. The Kier molecular flexibility index (Phi) is 7.68. The summed E-state index contributed by atoms with van der Waals surface area (Å²) in [6.45, 7) is 2.52. The number of ether oxygens (including phenoxy) is 2. The van der Waals surface area contributed by atoms with E-state index in [0.29, 0.717) is 18.0 Å². The maximum absolute atomic E-state index is 12.5. The van der Waals surface area contributed by atoms with Gasteiger partial charge in [0.15, 0.2) is 0 Å². The largest absolute Gasteiger partial charge is 0.497 e. The first kappa shape index (κ1) is 22.4. The first-order valence-electron chi connectivity index (χ1n) is 9.53. The number of amides is 1. The van der Waals surface area contributed by atoms with Crippen LogP contribution in [0.25, 0.3) is 6.08 Å². The third-order valence-corrected chi connectivity index (χ3v) is 5.34. The number of hydrogen-bond acceptors (Lipinski definition) is 4. The summed E-state index contributed by atoms with van der Waals surface area (Å²) >= 11 is 2.19. The molecule has 5 nitrogen and oxygen atoms in total. The summed E-state index contributed by atoms with van der Waals surface area (Å²) in [4.78, 5) is 12.5. The fourth-order valence-corrected chi connectivity index (χ4v) is 3.45. The summed E-state index contributed by atoms with van der Waals surface area (Å²) < 4.78 is 11.9. The SMILES string of the molecule is COc1ccc(NC(=O)/C(C#N)=C\c2ccc(OCc3ccc(C)cc3)c(I)c2)cc1. The second-order valence-corrected chi connectivity index (χ2v) is 7.98. The van der Waals surface area contributed by atoms with E-state index in [0.717, 1.165) is 20.4 Å². The first-order chi connectivity index (χ1) is 15.0. The monoisotopic (exact) mass is 524 g/mol. The van der Waals surface area contributed by atoms with Gasteiger partial charge in [-0.1, -0.05) is 35.9 Å². The van der Waals surface area contributed by atoms with E-state index < -0.39 is 5.91 Å². The topological polar surface area (TPSA) is 71.3 Å². The molecule has 0 unspecified atom stereocenters. The molecule has 3 rings (SSSR count). The number of rotatable bonds is 7. The number of aryl methyl sites for hydroxylation is 1. The minimum absolute atomic E-state index is 0.0138. The molecule has 0 aromatic heterocycles. The molecule has 0 atom stereocenters. The van der Waals surface area contributed by atoms with Crippen molar-refractivity contribution in [1.29, 1.82) is 5.26 Å². The average molecular weight is 524 g/mol. The van der Waals surface area contributed by atoms with Crippen molar-refractivity contribution in [1.82, 2.24) is 0 Å². The van der Waals surface area contributed by atoms with Crippen molar-refractivity contribution in [3.8, 4) is 17.6 Å². The zero-order chi connectivity index (χ0) is 22.2. The molecule has 0 saturated heterocycles. The maximum Gasteiger partial charge on any atom is 0.266 e. The predicted octanol–water partition coefficient (Wildman–Crippen LogP) is 5.73. The Balaban J connectivity index is 1.68. The quantitative estimate of drug-likeness (QED) is 0.244. The van der Waals surface area contributed by atoms with E-state index in [9.17, 15) is 10.1 Å². The standard InChI is InChI=1S/C25H21IN2O3/c1-17-3-5-18(6-4-17)16-31-24-12-7-19(14-23(24)26)13-20(15-27)25(29)28-21-8-10-22(30-2)11-9-21/h3-14H,16H2,1-2H3,(H,28,29)/b20-13-. The number of methoxy groups -OCH3 is 1. The highest BCUT2D eigenvalue weighted by molar-refractivity contribution is 14.1. The maximum atomic E-state index is 12.5. The molecule has 156 valence electrons. The number of halogens is 1. The number of carbonyl (C=O) groups excluding carboxylic acids is 1. The zero-order valence-corrected chi connectivity index (χ0v) is 19.3. The second kappa shape index (κ2) is 10.6. The average Bonchev–Trinajstić information content (AvgIpc) is 2.78. The van der Waals surface area contributed by atoms with Crippen molar-refractivity contribution in [3.63, 3.8) is 0 Å². The molecule has 0 saturated carbocycles. The summed E-state index contributed by atoms with van der Waals surface area (Å²) in [6, 6.07) is 22.6. The van der Waals surface area contributed by atoms with Crippen LogP contribution in [0.15, 0.2) is 72.3 Å². The number of hydrogen-bond donors (Lipinski definition) is 1. The van der Waals surface area contributed by atoms with Crippen LogP contribution in [0.3, 0.4) is 0 Å². The lowest BCUT2D eigenvalue weighted by Gasteiger charge is -2.10. The summed E-state index contributed by atoms with van der Waals surface area (Å²) in [5.74, 6) is 0.968. The molecular weight excluding hydrogens is 503 g/mol. The Morgan fingerprint density at radius 3 is 2.42 bits per heavy atom. The van der Waals surface area contributed by atoms with Gasteiger partial charge in [0.1, 0.15) is 29.7 Å². The fourth-order valence-electron chi connectivity index (χ4n) is 2.76. The Labute approximate surface area is 195 Å². The zero-order valence-electron chi connectivity index (χ0n) is 17.2. The molecule has 3 aromatic carbocycles. The highest BCUT2D eigenvalue weighted by Gasteiger charge is 2.11. The lowest BCUT2D eigenvalue weighted by Crippen LogP contribution is -2.13. The highest BCUT2D eigenvalue weighted by Crippen LogP contribution is 2.25. The van der Waals surface area contributed by atoms with Crippen LogP contribution in [0.2, 0.25) is 0 Å². The fraction of sp³-hybridized carbons (Fsp3) is 0.120. The third-order valence-electron chi connectivity index (χ3n) is 4.49. The Morgan fingerprint density at radius 1 is 1.10 bits per heavy atom. The number of benzene rings is 3. The van der Waals surface area contributed by atoms with Crippen LogP contribution in [0.4, 0.5) is 5.69 Å². The molecular formula is C25H21IN2O3. The minimum atomic E-state index is -0.470. The van der Waals surface area contributed by atoms with E-state index in [4.69, 9.17) is 9.47 Å². The lowest BCUT2D eigenvalue weighted by atomic mass is 10.1. The molecule has 0 radical (unpaired) electrons. The first-order valence-corrected chi connectivity index (χ1v) is 10.6. The highest BCUT2D eigenvalue weighted by atomic mass is 127. The molecule has 0 aliphatic carbocycles. The number of anilines is 1. The van der Waals surface area contributed by atoms with Crippen LogP contribution in [0, 0.1) is 21.8 Å². The van der Waals surface area contributed by atoms with Gasteiger partial charge in [-0.15, -0.1) is 0 Å². The summed E-state index contributed by atoms with van der Waals surface area (Å²) in [5, 5.41) is 12.2. The molecule has 1 amide bonds. The van der Waals surface area contributed by atoms with Crippen molar-refractivity contribution in [2.24, 2.45) is 0 Å². The van der Waals surface area contributed by atoms with Crippen LogP contribution in [-0.4, -0.2) is 13.0 Å². The van der Waals surface area contributed by atoms with Gasteiger partial charge in [0.05, 0.1) is 10.7 Å². The Hall–Kier alpha value is -3.31. The molecule has 6 heteroatoms. The van der Waals surface area contributed by atoms with E-state index in [1.165, 1.54) is 5.56 Å². The van der Waals surface area contributed by atoms with Gasteiger partial charge in [0.2, 0.25) is 0 Å². The van der Waals surface area contributed by atoms with Crippen molar-refractivity contribution in [3.05, 3.63) is 92.6 Å². The molecule has 0 aliphatic rings. The second-order valence-electron chi connectivity index (χ2n) is 6.82. The van der Waals surface area contributed by atoms with Crippen molar-refractivity contribution < 1.29 is 14.3 Å². The van der Waals surface area contributed by atoms with Gasteiger partial charge < -0.3 is 14.8 Å². The van der Waals surface area contributed by atoms with Crippen LogP contribution in [0.1, 0.15) is 16.7 Å². The molecule has 31 heavy (non-hydrogen) atoms. The van der Waals surface area contributed by atoms with E-state index in [2.05, 4.69) is 40.0 Å². The smallest absolute Gasteiger partial charge is 0.266 e. The molecule has 3 aromatic rings. The van der Waals surface area contributed by atoms with E-state index in [1.807, 2.05) is 43.3 Å². The number of carbonyl (C=O) groups is 1. The van der Waals surface area contributed by atoms with Gasteiger partial charge in [-0.3, -0.25) is 4.79 Å². The van der Waals surface area contributed by atoms with Gasteiger partial charge in [-0.2, -0.15) is 5.26 Å². The lowest BCUT2D eigenvalue weighted by molar-refractivity contribution is -0.112. The number of nitrogens with one attached hydrogen (secondary N) is 1. The molecule has 0 fully saturated rings. The van der Waals surface area contributed by atoms with Gasteiger partial charge in [0.25, 0.3) is 5.91 Å². The summed E-state index contributed by atoms with van der Waals surface area (Å²) in [6.07, 6.45) is 1.56. The molecule has 0 heterocycles. The van der Waals surface area contributed by atoms with Gasteiger partial charge in [-0.25, -0.2) is 0 Å². The van der Waals surface area contributed by atoms with Crippen LogP contribution >= 0.6 is 22.6 Å². The Bertz CT molecular complexity index is 1130. The Morgan fingerprint density at radius 2 is 1.81 bits per heavy atom. The van der Waals surface area contributed by atoms with Crippen molar-refractivity contribution >= 4 is 40.3 Å². The summed E-state index contributed by atoms with van der Waals surface area (Å²) in [7, 11) is 1.57. The number of nitrogens with zero attached hydrogens (tertiary/aromatic N) is 1. The van der Waals surface area contributed by atoms with Crippen LogP contribution in [-0.2, 0) is 11.4 Å². The van der Waals surface area contributed by atoms with E-state index in [1.54, 1.807) is 37.5 Å². The van der Waals surface area contributed by atoms with Crippen molar-refractivity contribution in [2.75, 3.05) is 12.4 Å². The molecule has 0 spiro atoms. The van der Waals surface area contributed by atoms with Crippen molar-refractivity contribution in [2.45, 2.75) is 13.5 Å². The van der Waals surface area contributed by atoms with E-state index >= 15 is 0 Å². The normalized spacial score (nSPS) is 10.8. The van der Waals surface area contributed by atoms with Gasteiger partial charge in [-0.05, 0) is 83.1 Å². The molecule has 0 bridgehead atoms. The molecule has 1 N–H and O–H groups in total. The van der Waals surface area contributed by atoms with Gasteiger partial charge in [0, 0.05) is 5.69 Å². The van der Waals surface area contributed by atoms with Crippen LogP contribution in [0.5, 0.6) is 11.5 Å². The number of nitriles is 1. The van der Waals surface area contributed by atoms with E-state index in [-0.39, 0.29) is 5.57 Å².